The Morgan fingerprint density at radius 1 is 1.18 bits per heavy atom. The Morgan fingerprint density at radius 2 is 1.82 bits per heavy atom. The first-order valence-corrected chi connectivity index (χ1v) is 11.5. The van der Waals surface area contributed by atoms with Crippen LogP contribution in [-0.2, 0) is 14.8 Å². The lowest BCUT2D eigenvalue weighted by molar-refractivity contribution is -0.895. The molecular weight excluding hydrogens is 378 g/mol. The molecule has 0 unspecified atom stereocenters. The molecule has 1 amide bonds. The number of carbonyl (C=O) groups excluding carboxylic acids is 2. The number of Topliss-reactive ketones (excluding diaryl/α,β-unsaturated/α-hetero) is 1. The standard InChI is InChI=1S/C20H31N3O4S/c1-4-22(5-2)14-11-21-20(25)17-9-12-23(13-10-17)28(26,27)19-8-6-7-18(15-19)16(3)24/h6-8,15,17H,4-5,9-14H2,1-3H3,(H,21,25)/p+1. The van der Waals surface area contributed by atoms with Crippen LogP contribution in [0, 0.1) is 5.92 Å². The number of sulfonamides is 1. The fourth-order valence-corrected chi connectivity index (χ4v) is 5.01. The third-order valence-electron chi connectivity index (χ3n) is 5.48. The molecule has 7 nitrogen and oxygen atoms in total. The lowest BCUT2D eigenvalue weighted by Gasteiger charge is -2.30. The molecule has 1 aliphatic heterocycles. The van der Waals surface area contributed by atoms with Crippen LogP contribution in [0.5, 0.6) is 0 Å². The maximum Gasteiger partial charge on any atom is 0.243 e. The van der Waals surface area contributed by atoms with Crippen molar-refractivity contribution < 1.29 is 22.9 Å². The Kier molecular flexibility index (Phi) is 8.15. The summed E-state index contributed by atoms with van der Waals surface area (Å²) in [5.41, 5.74) is 0.380. The van der Waals surface area contributed by atoms with Crippen LogP contribution in [0.2, 0.25) is 0 Å². The molecule has 1 aromatic carbocycles. The summed E-state index contributed by atoms with van der Waals surface area (Å²) in [5, 5.41) is 2.99. The number of piperidine rings is 1. The summed E-state index contributed by atoms with van der Waals surface area (Å²) < 4.78 is 27.1. The highest BCUT2D eigenvalue weighted by molar-refractivity contribution is 7.89. The number of benzene rings is 1. The van der Waals surface area contributed by atoms with Crippen LogP contribution in [0.1, 0.15) is 44.0 Å². The quantitative estimate of drug-likeness (QED) is 0.575. The second-order valence-corrected chi connectivity index (χ2v) is 9.20. The highest BCUT2D eigenvalue weighted by Crippen LogP contribution is 2.24. The summed E-state index contributed by atoms with van der Waals surface area (Å²) >= 11 is 0. The molecule has 0 saturated carbocycles. The Labute approximate surface area is 168 Å². The minimum Gasteiger partial charge on any atom is -0.350 e. The number of quaternary nitrogens is 1. The highest BCUT2D eigenvalue weighted by Gasteiger charge is 2.32. The molecule has 156 valence electrons. The first-order chi connectivity index (χ1) is 13.3. The topological polar surface area (TPSA) is 88.0 Å². The molecule has 0 spiro atoms. The van der Waals surface area contributed by atoms with Crippen molar-refractivity contribution in [2.24, 2.45) is 5.92 Å². The molecule has 1 saturated heterocycles. The molecule has 2 N–H and O–H groups in total. The van der Waals surface area contributed by atoms with Crippen LogP contribution in [-0.4, -0.2) is 63.7 Å². The molecule has 1 heterocycles. The average Bonchev–Trinajstić information content (AvgIpc) is 2.71. The molecule has 0 aliphatic carbocycles. The number of nitrogens with one attached hydrogen (secondary N) is 2. The molecule has 0 aromatic heterocycles. The number of rotatable bonds is 9. The SMILES string of the molecule is CC[NH+](CC)CCNC(=O)C1CCN(S(=O)(=O)c2cccc(C(C)=O)c2)CC1. The summed E-state index contributed by atoms with van der Waals surface area (Å²) in [6.45, 7) is 9.91. The third-order valence-corrected chi connectivity index (χ3v) is 7.38. The maximum atomic E-state index is 12.9. The molecule has 28 heavy (non-hydrogen) atoms. The summed E-state index contributed by atoms with van der Waals surface area (Å²) in [6.07, 6.45) is 1.02. The van der Waals surface area contributed by atoms with Crippen molar-refractivity contribution >= 4 is 21.7 Å². The number of nitrogens with zero attached hydrogens (tertiary/aromatic N) is 1. The van der Waals surface area contributed by atoms with E-state index in [2.05, 4.69) is 19.2 Å². The van der Waals surface area contributed by atoms with E-state index in [0.717, 1.165) is 19.6 Å². The highest BCUT2D eigenvalue weighted by atomic mass is 32.2. The van der Waals surface area contributed by atoms with Crippen LogP contribution >= 0.6 is 0 Å². The van der Waals surface area contributed by atoms with E-state index in [4.69, 9.17) is 0 Å². The molecule has 0 bridgehead atoms. The number of amides is 1. The number of hydrogen-bond acceptors (Lipinski definition) is 4. The van der Waals surface area contributed by atoms with Crippen LogP contribution in [0.3, 0.4) is 0 Å². The Balaban J connectivity index is 1.91. The first kappa shape index (κ1) is 22.5. The molecule has 8 heteroatoms. The van der Waals surface area contributed by atoms with Gasteiger partial charge in [0.1, 0.15) is 0 Å². The van der Waals surface area contributed by atoms with E-state index in [9.17, 15) is 18.0 Å². The van der Waals surface area contributed by atoms with Crippen molar-refractivity contribution in [3.63, 3.8) is 0 Å². The zero-order chi connectivity index (χ0) is 20.7. The van der Waals surface area contributed by atoms with Crippen molar-refractivity contribution in [1.82, 2.24) is 9.62 Å². The van der Waals surface area contributed by atoms with Crippen molar-refractivity contribution in [1.29, 1.82) is 0 Å². The molecule has 0 radical (unpaired) electrons. The zero-order valence-corrected chi connectivity index (χ0v) is 17.8. The predicted octanol–water partition coefficient (Wildman–Crippen LogP) is 0.331. The van der Waals surface area contributed by atoms with Crippen molar-refractivity contribution in [2.45, 2.75) is 38.5 Å². The number of hydrogen-bond donors (Lipinski definition) is 2. The van der Waals surface area contributed by atoms with Gasteiger partial charge in [-0.2, -0.15) is 4.31 Å². The Morgan fingerprint density at radius 3 is 2.39 bits per heavy atom. The second kappa shape index (κ2) is 10.1. The van der Waals surface area contributed by atoms with Gasteiger partial charge in [-0.25, -0.2) is 8.42 Å². The minimum atomic E-state index is -3.66. The smallest absolute Gasteiger partial charge is 0.243 e. The fourth-order valence-electron chi connectivity index (χ4n) is 3.49. The van der Waals surface area contributed by atoms with Gasteiger partial charge in [0.25, 0.3) is 0 Å². The Hall–Kier alpha value is -1.77. The van der Waals surface area contributed by atoms with E-state index >= 15 is 0 Å². The van der Waals surface area contributed by atoms with E-state index in [1.54, 1.807) is 12.1 Å². The van der Waals surface area contributed by atoms with Gasteiger partial charge in [-0.1, -0.05) is 12.1 Å². The molecular formula is C20H32N3O4S+. The van der Waals surface area contributed by atoms with E-state index in [1.165, 1.54) is 28.3 Å². The zero-order valence-electron chi connectivity index (χ0n) is 17.0. The molecule has 1 fully saturated rings. The molecule has 1 aromatic rings. The third kappa shape index (κ3) is 5.62. The first-order valence-electron chi connectivity index (χ1n) is 10.0. The fraction of sp³-hybridized carbons (Fsp3) is 0.600. The summed E-state index contributed by atoms with van der Waals surface area (Å²) in [5.74, 6) is -0.303. The van der Waals surface area contributed by atoms with Gasteiger partial charge in [0.15, 0.2) is 5.78 Å². The van der Waals surface area contributed by atoms with Crippen LogP contribution < -0.4 is 10.2 Å². The van der Waals surface area contributed by atoms with Gasteiger partial charge in [0.2, 0.25) is 15.9 Å². The van der Waals surface area contributed by atoms with Gasteiger partial charge < -0.3 is 10.2 Å². The normalized spacial score (nSPS) is 16.3. The second-order valence-electron chi connectivity index (χ2n) is 7.26. The van der Waals surface area contributed by atoms with Crippen LogP contribution in [0.4, 0.5) is 0 Å². The Bertz CT molecular complexity index is 782. The number of carbonyl (C=O) groups is 2. The summed E-state index contributed by atoms with van der Waals surface area (Å²) in [6, 6.07) is 6.13. The summed E-state index contributed by atoms with van der Waals surface area (Å²) in [4.78, 5) is 25.5. The van der Waals surface area contributed by atoms with Gasteiger partial charge in [-0.05, 0) is 45.7 Å². The lowest BCUT2D eigenvalue weighted by atomic mass is 9.97. The van der Waals surface area contributed by atoms with Gasteiger partial charge in [-0.15, -0.1) is 0 Å². The van der Waals surface area contributed by atoms with Crippen molar-refractivity contribution in [2.75, 3.05) is 39.3 Å². The number of likely N-dealkylation sites (N-methyl/N-ethyl adjacent to an activating group) is 1. The van der Waals surface area contributed by atoms with E-state index in [1.807, 2.05) is 0 Å². The monoisotopic (exact) mass is 410 g/mol. The van der Waals surface area contributed by atoms with E-state index < -0.39 is 10.0 Å². The van der Waals surface area contributed by atoms with E-state index in [-0.39, 0.29) is 22.5 Å². The lowest BCUT2D eigenvalue weighted by Crippen LogP contribution is -3.12. The maximum absolute atomic E-state index is 12.9. The van der Waals surface area contributed by atoms with Gasteiger partial charge in [0, 0.05) is 24.6 Å². The predicted molar refractivity (Wildman–Crippen MR) is 108 cm³/mol. The van der Waals surface area contributed by atoms with Gasteiger partial charge in [0.05, 0.1) is 31.1 Å². The largest absolute Gasteiger partial charge is 0.350 e. The van der Waals surface area contributed by atoms with Gasteiger partial charge >= 0.3 is 0 Å². The molecule has 0 atom stereocenters. The molecule has 1 aliphatic rings. The average molecular weight is 411 g/mol. The summed E-state index contributed by atoms with van der Waals surface area (Å²) in [7, 11) is -3.66. The molecule has 2 rings (SSSR count). The minimum absolute atomic E-state index is 0.0159. The van der Waals surface area contributed by atoms with Crippen molar-refractivity contribution in [3.8, 4) is 0 Å². The van der Waals surface area contributed by atoms with Crippen molar-refractivity contribution in [3.05, 3.63) is 29.8 Å². The number of ketones is 1. The van der Waals surface area contributed by atoms with E-state index in [0.29, 0.717) is 38.0 Å². The van der Waals surface area contributed by atoms with Crippen LogP contribution in [0.15, 0.2) is 29.2 Å². The van der Waals surface area contributed by atoms with Gasteiger partial charge in [-0.3, -0.25) is 9.59 Å². The van der Waals surface area contributed by atoms with Crippen LogP contribution in [0.25, 0.3) is 0 Å².